The molecule has 1 unspecified atom stereocenters. The van der Waals surface area contributed by atoms with Crippen molar-refractivity contribution in [2.24, 2.45) is 0 Å². The normalized spacial score (nSPS) is 18.6. The summed E-state index contributed by atoms with van der Waals surface area (Å²) in [5.74, 6) is -5.11. The smallest absolute Gasteiger partial charge is 0.475 e. The van der Waals surface area contributed by atoms with Crippen LogP contribution in [0.15, 0.2) is 42.6 Å². The Morgan fingerprint density at radius 1 is 1.03 bits per heavy atom. The summed E-state index contributed by atoms with van der Waals surface area (Å²) in [6.07, 6.45) is -1.76. The minimum atomic E-state index is -5.08. The first-order valence-electron chi connectivity index (χ1n) is 10.9. The standard InChI is InChI=1S/C21H22F2N4O2.C2HF3O2/c22-13-1-7-17(18(23)10-13)20(28)21(29)26-15-4-2-14(3-5-15)25-16-6-8-19-12(9-16)11-24-27-19;3-2(4,5)1(6)7/h1,6-11,14-15,20,25,28H,2-5H2,(H,24,27)(H,26,29);(H,6,7). The first kappa shape index (κ1) is 26.9. The van der Waals surface area contributed by atoms with Gasteiger partial charge in [0.05, 0.1) is 11.7 Å². The van der Waals surface area contributed by atoms with Gasteiger partial charge >= 0.3 is 12.1 Å². The molecule has 0 radical (unpaired) electrons. The molecule has 0 aliphatic heterocycles. The number of aliphatic hydroxyl groups is 1. The third kappa shape index (κ3) is 7.13. The number of carboxylic acids is 1. The second-order valence-corrected chi connectivity index (χ2v) is 8.24. The predicted molar refractivity (Wildman–Crippen MR) is 119 cm³/mol. The highest BCUT2D eigenvalue weighted by molar-refractivity contribution is 5.82. The van der Waals surface area contributed by atoms with Gasteiger partial charge in [-0.3, -0.25) is 9.89 Å². The van der Waals surface area contributed by atoms with Gasteiger partial charge in [-0.15, -0.1) is 0 Å². The Kier molecular flexibility index (Phi) is 8.45. The molecule has 1 heterocycles. The summed E-state index contributed by atoms with van der Waals surface area (Å²) in [6, 6.07) is 8.99. The van der Waals surface area contributed by atoms with Gasteiger partial charge in [-0.2, -0.15) is 18.3 Å². The number of anilines is 1. The quantitative estimate of drug-likeness (QED) is 0.327. The van der Waals surface area contributed by atoms with E-state index in [1.54, 1.807) is 6.20 Å². The van der Waals surface area contributed by atoms with Crippen LogP contribution in [0.2, 0.25) is 0 Å². The van der Waals surface area contributed by atoms with Gasteiger partial charge in [-0.05, 0) is 49.9 Å². The van der Waals surface area contributed by atoms with Crippen LogP contribution in [0, 0.1) is 11.6 Å². The van der Waals surface area contributed by atoms with Crippen molar-refractivity contribution in [2.75, 3.05) is 5.32 Å². The maximum atomic E-state index is 13.8. The number of carbonyl (C=O) groups is 2. The number of rotatable bonds is 5. The van der Waals surface area contributed by atoms with Crippen molar-refractivity contribution in [1.29, 1.82) is 0 Å². The number of nitrogens with one attached hydrogen (secondary N) is 3. The molecule has 1 fully saturated rings. The molecule has 1 saturated carbocycles. The van der Waals surface area contributed by atoms with Gasteiger partial charge in [-0.1, -0.05) is 6.07 Å². The Labute approximate surface area is 201 Å². The third-order valence-corrected chi connectivity index (χ3v) is 5.63. The summed E-state index contributed by atoms with van der Waals surface area (Å²) in [7, 11) is 0. The molecule has 1 aromatic heterocycles. The molecule has 194 valence electrons. The Balaban J connectivity index is 0.000000454. The van der Waals surface area contributed by atoms with Crippen molar-refractivity contribution < 1.29 is 41.8 Å². The van der Waals surface area contributed by atoms with Crippen LogP contribution in [0.4, 0.5) is 27.6 Å². The summed E-state index contributed by atoms with van der Waals surface area (Å²) in [4.78, 5) is 21.2. The molecule has 8 nitrogen and oxygen atoms in total. The fourth-order valence-electron chi connectivity index (χ4n) is 3.79. The number of nitrogens with zero attached hydrogens (tertiary/aromatic N) is 1. The highest BCUT2D eigenvalue weighted by atomic mass is 19.4. The van der Waals surface area contributed by atoms with Crippen LogP contribution in [0.3, 0.4) is 0 Å². The number of benzene rings is 2. The SMILES string of the molecule is O=C(NC1CCC(Nc2ccc3[nH]ncc3c2)CC1)C(O)c1ccc(F)cc1F.O=C(O)C(F)(F)F. The van der Waals surface area contributed by atoms with Gasteiger partial charge in [0.2, 0.25) is 0 Å². The zero-order valence-corrected chi connectivity index (χ0v) is 18.6. The molecule has 1 amide bonds. The minimum absolute atomic E-state index is 0.0879. The van der Waals surface area contributed by atoms with E-state index in [2.05, 4.69) is 20.8 Å². The Hall–Kier alpha value is -3.74. The van der Waals surface area contributed by atoms with Crippen LogP contribution in [0.25, 0.3) is 10.9 Å². The summed E-state index contributed by atoms with van der Waals surface area (Å²) < 4.78 is 58.5. The van der Waals surface area contributed by atoms with Crippen molar-refractivity contribution in [1.82, 2.24) is 15.5 Å². The zero-order chi connectivity index (χ0) is 26.5. The number of amides is 1. The minimum Gasteiger partial charge on any atom is -0.475 e. The number of hydrogen-bond acceptors (Lipinski definition) is 5. The molecule has 13 heteroatoms. The van der Waals surface area contributed by atoms with E-state index in [4.69, 9.17) is 9.90 Å². The number of aromatic nitrogens is 2. The highest BCUT2D eigenvalue weighted by Crippen LogP contribution is 2.25. The van der Waals surface area contributed by atoms with E-state index in [9.17, 15) is 31.9 Å². The second-order valence-electron chi connectivity index (χ2n) is 8.24. The number of fused-ring (bicyclic) bond motifs is 1. The molecule has 1 aliphatic carbocycles. The van der Waals surface area contributed by atoms with Crippen molar-refractivity contribution in [3.05, 3.63) is 59.8 Å². The number of H-pyrrole nitrogens is 1. The largest absolute Gasteiger partial charge is 0.490 e. The molecule has 5 N–H and O–H groups in total. The van der Waals surface area contributed by atoms with Crippen molar-refractivity contribution >= 4 is 28.5 Å². The first-order chi connectivity index (χ1) is 16.9. The molecule has 4 rings (SSSR count). The second kappa shape index (κ2) is 11.3. The Bertz CT molecular complexity index is 1210. The average molecular weight is 514 g/mol. The summed E-state index contributed by atoms with van der Waals surface area (Å²) in [5.41, 5.74) is 1.78. The van der Waals surface area contributed by atoms with Crippen LogP contribution in [-0.4, -0.2) is 50.5 Å². The molecule has 0 bridgehead atoms. The fourth-order valence-corrected chi connectivity index (χ4v) is 3.79. The van der Waals surface area contributed by atoms with Crippen LogP contribution >= 0.6 is 0 Å². The van der Waals surface area contributed by atoms with Gasteiger partial charge in [0.15, 0.2) is 6.10 Å². The lowest BCUT2D eigenvalue weighted by atomic mass is 9.90. The lowest BCUT2D eigenvalue weighted by Gasteiger charge is -2.31. The fraction of sp³-hybridized carbons (Fsp3) is 0.348. The zero-order valence-electron chi connectivity index (χ0n) is 18.6. The lowest BCUT2D eigenvalue weighted by Crippen LogP contribution is -2.42. The van der Waals surface area contributed by atoms with E-state index in [0.717, 1.165) is 54.4 Å². The number of carboxylic acid groups (broad SMARTS) is 1. The molecule has 1 atom stereocenters. The average Bonchev–Trinajstić information content (AvgIpc) is 3.28. The summed E-state index contributed by atoms with van der Waals surface area (Å²) >= 11 is 0. The predicted octanol–water partition coefficient (Wildman–Crippen LogP) is 4.05. The van der Waals surface area contributed by atoms with E-state index in [-0.39, 0.29) is 17.6 Å². The third-order valence-electron chi connectivity index (χ3n) is 5.63. The maximum absolute atomic E-state index is 13.8. The lowest BCUT2D eigenvalue weighted by molar-refractivity contribution is -0.192. The van der Waals surface area contributed by atoms with Crippen molar-refractivity contribution in [3.63, 3.8) is 0 Å². The molecular weight excluding hydrogens is 491 g/mol. The van der Waals surface area contributed by atoms with Crippen molar-refractivity contribution in [2.45, 2.75) is 50.0 Å². The Morgan fingerprint density at radius 3 is 2.28 bits per heavy atom. The topological polar surface area (TPSA) is 127 Å². The van der Waals surface area contributed by atoms with E-state index in [1.165, 1.54) is 0 Å². The van der Waals surface area contributed by atoms with Crippen LogP contribution in [0.5, 0.6) is 0 Å². The molecule has 0 saturated heterocycles. The van der Waals surface area contributed by atoms with E-state index in [1.807, 2.05) is 18.2 Å². The maximum Gasteiger partial charge on any atom is 0.490 e. The number of aromatic amines is 1. The number of aliphatic hydroxyl groups excluding tert-OH is 1. The van der Waals surface area contributed by atoms with E-state index >= 15 is 0 Å². The van der Waals surface area contributed by atoms with Gasteiger partial charge in [-0.25, -0.2) is 13.6 Å². The molecule has 3 aromatic rings. The number of alkyl halides is 3. The number of carbonyl (C=O) groups excluding carboxylic acids is 1. The number of hydrogen-bond donors (Lipinski definition) is 5. The van der Waals surface area contributed by atoms with Gasteiger partial charge in [0, 0.05) is 34.8 Å². The summed E-state index contributed by atoms with van der Waals surface area (Å²) in [6.45, 7) is 0. The van der Waals surface area contributed by atoms with Crippen molar-refractivity contribution in [3.8, 4) is 0 Å². The van der Waals surface area contributed by atoms with E-state index < -0.39 is 35.8 Å². The van der Waals surface area contributed by atoms with E-state index in [0.29, 0.717) is 6.07 Å². The Morgan fingerprint density at radius 2 is 1.67 bits per heavy atom. The highest BCUT2D eigenvalue weighted by Gasteiger charge is 2.38. The summed E-state index contributed by atoms with van der Waals surface area (Å²) in [5, 5.41) is 31.5. The molecule has 0 spiro atoms. The molecular formula is C23H23F5N4O4. The number of aliphatic carboxylic acids is 1. The van der Waals surface area contributed by atoms with Gasteiger partial charge in [0.25, 0.3) is 5.91 Å². The van der Waals surface area contributed by atoms with Crippen LogP contribution < -0.4 is 10.6 Å². The van der Waals surface area contributed by atoms with Crippen LogP contribution in [-0.2, 0) is 9.59 Å². The molecule has 2 aromatic carbocycles. The molecule has 36 heavy (non-hydrogen) atoms. The number of halogens is 5. The van der Waals surface area contributed by atoms with Crippen LogP contribution in [0.1, 0.15) is 37.4 Å². The monoisotopic (exact) mass is 514 g/mol. The molecule has 1 aliphatic rings. The van der Waals surface area contributed by atoms with Gasteiger partial charge < -0.3 is 20.8 Å². The van der Waals surface area contributed by atoms with Gasteiger partial charge in [0.1, 0.15) is 11.6 Å². The first-order valence-corrected chi connectivity index (χ1v) is 10.9.